The van der Waals surface area contributed by atoms with Gasteiger partial charge in [0.15, 0.2) is 0 Å². The topological polar surface area (TPSA) is 72.3 Å². The van der Waals surface area contributed by atoms with Crippen molar-refractivity contribution < 1.29 is 9.53 Å². The average Bonchev–Trinajstić information content (AvgIpc) is 3.07. The first kappa shape index (κ1) is 17.2. The van der Waals surface area contributed by atoms with Gasteiger partial charge in [-0.05, 0) is 30.4 Å². The fourth-order valence-electron chi connectivity index (χ4n) is 3.84. The molecule has 138 valence electrons. The second kappa shape index (κ2) is 7.17. The fourth-order valence-corrected chi connectivity index (χ4v) is 3.84. The van der Waals surface area contributed by atoms with E-state index in [0.29, 0.717) is 24.6 Å². The van der Waals surface area contributed by atoms with Gasteiger partial charge in [0.2, 0.25) is 0 Å². The van der Waals surface area contributed by atoms with Crippen LogP contribution in [0.3, 0.4) is 0 Å². The minimum atomic E-state index is -0.0651. The van der Waals surface area contributed by atoms with Crippen molar-refractivity contribution in [3.05, 3.63) is 48.0 Å². The van der Waals surface area contributed by atoms with Gasteiger partial charge in [0, 0.05) is 51.8 Å². The normalized spacial score (nSPS) is 22.1. The lowest BCUT2D eigenvalue weighted by molar-refractivity contribution is -0.181. The Bertz CT molecular complexity index is 744. The van der Waals surface area contributed by atoms with Crippen LogP contribution < -0.4 is 5.32 Å². The Morgan fingerprint density at radius 3 is 2.96 bits per heavy atom. The van der Waals surface area contributed by atoms with E-state index < -0.39 is 0 Å². The monoisotopic (exact) mass is 355 g/mol. The number of carbonyl (C=O) groups is 1. The highest BCUT2D eigenvalue weighted by atomic mass is 16.5. The van der Waals surface area contributed by atoms with Crippen LogP contribution in [-0.4, -0.2) is 57.4 Å². The second-order valence-electron chi connectivity index (χ2n) is 7.52. The molecule has 0 radical (unpaired) electrons. The summed E-state index contributed by atoms with van der Waals surface area (Å²) < 4.78 is 7.83. The summed E-state index contributed by atoms with van der Waals surface area (Å²) >= 11 is 0. The molecule has 7 heteroatoms. The summed E-state index contributed by atoms with van der Waals surface area (Å²) in [4.78, 5) is 18.7. The lowest BCUT2D eigenvalue weighted by atomic mass is 9.82. The summed E-state index contributed by atoms with van der Waals surface area (Å²) in [6.07, 6.45) is 9.20. The van der Waals surface area contributed by atoms with E-state index in [-0.39, 0.29) is 11.5 Å². The molecule has 2 aromatic rings. The predicted octanol–water partition coefficient (Wildman–Crippen LogP) is 1.23. The summed E-state index contributed by atoms with van der Waals surface area (Å²) in [5, 5.41) is 7.03. The zero-order valence-electron chi connectivity index (χ0n) is 15.1. The largest absolute Gasteiger partial charge is 0.372 e. The van der Waals surface area contributed by atoms with Gasteiger partial charge in [-0.1, -0.05) is 6.07 Å². The highest BCUT2D eigenvalue weighted by molar-refractivity contribution is 5.93. The number of nitrogens with zero attached hydrogens (tertiary/aromatic N) is 4. The number of aryl methyl sites for hydroxylation is 1. The summed E-state index contributed by atoms with van der Waals surface area (Å²) in [5.74, 6) is 0.318. The third kappa shape index (κ3) is 3.78. The van der Waals surface area contributed by atoms with Crippen molar-refractivity contribution in [2.45, 2.75) is 25.0 Å². The maximum atomic E-state index is 12.1. The second-order valence-corrected chi connectivity index (χ2v) is 7.52. The Morgan fingerprint density at radius 2 is 2.31 bits per heavy atom. The summed E-state index contributed by atoms with van der Waals surface area (Å²) in [6.45, 7) is 4.27. The lowest BCUT2D eigenvalue weighted by Crippen LogP contribution is -2.64. The van der Waals surface area contributed by atoms with Gasteiger partial charge in [0.05, 0.1) is 24.0 Å². The molecule has 0 saturated carbocycles. The molecule has 1 amide bonds. The molecule has 7 nitrogen and oxygen atoms in total. The molecule has 0 unspecified atom stereocenters. The van der Waals surface area contributed by atoms with Gasteiger partial charge in [0.1, 0.15) is 0 Å². The van der Waals surface area contributed by atoms with E-state index in [1.54, 1.807) is 30.3 Å². The Hall–Kier alpha value is -2.25. The van der Waals surface area contributed by atoms with Gasteiger partial charge >= 0.3 is 0 Å². The summed E-state index contributed by atoms with van der Waals surface area (Å²) in [6, 6.07) is 4.09. The van der Waals surface area contributed by atoms with Crippen LogP contribution in [0.25, 0.3) is 0 Å². The number of hydrogen-bond acceptors (Lipinski definition) is 5. The fraction of sp³-hybridized carbons (Fsp3) is 0.526. The quantitative estimate of drug-likeness (QED) is 0.873. The van der Waals surface area contributed by atoms with Crippen molar-refractivity contribution in [2.75, 3.05) is 26.2 Å². The van der Waals surface area contributed by atoms with E-state index >= 15 is 0 Å². The van der Waals surface area contributed by atoms with Gasteiger partial charge in [-0.3, -0.25) is 19.4 Å². The van der Waals surface area contributed by atoms with Crippen molar-refractivity contribution in [3.63, 3.8) is 0 Å². The van der Waals surface area contributed by atoms with E-state index in [1.807, 2.05) is 12.3 Å². The molecule has 0 aliphatic carbocycles. The standard InChI is InChI=1S/C19H25N5O2/c1-23-11-17(9-22-23)18(25)21-8-16-4-5-19(26-12-16)13-24(14-19)10-15-3-2-6-20-7-15/h2-3,6-7,9,11,16H,4-5,8,10,12-14H2,1H3,(H,21,25)/t16-/m1/s1. The number of aromatic nitrogens is 3. The molecule has 1 spiro atoms. The minimum Gasteiger partial charge on any atom is -0.372 e. The van der Waals surface area contributed by atoms with Gasteiger partial charge in [-0.25, -0.2) is 0 Å². The molecule has 2 fully saturated rings. The highest BCUT2D eigenvalue weighted by Crippen LogP contribution is 2.36. The van der Waals surface area contributed by atoms with Gasteiger partial charge in [-0.2, -0.15) is 5.10 Å². The molecule has 0 aromatic carbocycles. The molecule has 0 bridgehead atoms. The number of rotatable bonds is 5. The van der Waals surface area contributed by atoms with Crippen molar-refractivity contribution in [1.82, 2.24) is 25.0 Å². The van der Waals surface area contributed by atoms with Crippen LogP contribution in [0.15, 0.2) is 36.9 Å². The van der Waals surface area contributed by atoms with Crippen LogP contribution in [0.4, 0.5) is 0 Å². The first-order chi connectivity index (χ1) is 12.6. The third-order valence-corrected chi connectivity index (χ3v) is 5.30. The van der Waals surface area contributed by atoms with Crippen LogP contribution in [0.5, 0.6) is 0 Å². The molecule has 2 aromatic heterocycles. The number of likely N-dealkylation sites (tertiary alicyclic amines) is 1. The zero-order chi connectivity index (χ0) is 18.0. The molecular formula is C19H25N5O2. The molecular weight excluding hydrogens is 330 g/mol. The van der Waals surface area contributed by atoms with Crippen LogP contribution in [-0.2, 0) is 18.3 Å². The smallest absolute Gasteiger partial charge is 0.254 e. The van der Waals surface area contributed by atoms with Gasteiger partial charge in [0.25, 0.3) is 5.91 Å². The van der Waals surface area contributed by atoms with Crippen LogP contribution in [0.2, 0.25) is 0 Å². The number of ether oxygens (including phenoxy) is 1. The maximum Gasteiger partial charge on any atom is 0.254 e. The highest BCUT2D eigenvalue weighted by Gasteiger charge is 2.46. The molecule has 4 heterocycles. The predicted molar refractivity (Wildman–Crippen MR) is 96.5 cm³/mol. The number of nitrogens with one attached hydrogen (secondary N) is 1. The number of pyridine rings is 1. The van der Waals surface area contributed by atoms with Crippen LogP contribution >= 0.6 is 0 Å². The minimum absolute atomic E-state index is 0.0199. The summed E-state index contributed by atoms with van der Waals surface area (Å²) in [7, 11) is 1.81. The number of carbonyl (C=O) groups excluding carboxylic acids is 1. The molecule has 2 aliphatic heterocycles. The van der Waals surface area contributed by atoms with E-state index in [0.717, 1.165) is 32.5 Å². The number of hydrogen-bond donors (Lipinski definition) is 1. The van der Waals surface area contributed by atoms with E-state index in [9.17, 15) is 4.79 Å². The lowest BCUT2D eigenvalue weighted by Gasteiger charge is -2.53. The Kier molecular flexibility index (Phi) is 4.74. The third-order valence-electron chi connectivity index (χ3n) is 5.30. The average molecular weight is 355 g/mol. The van der Waals surface area contributed by atoms with Crippen molar-refractivity contribution in [2.24, 2.45) is 13.0 Å². The maximum absolute atomic E-state index is 12.1. The van der Waals surface area contributed by atoms with Gasteiger partial charge < -0.3 is 10.1 Å². The van der Waals surface area contributed by atoms with Crippen molar-refractivity contribution in [1.29, 1.82) is 0 Å². The summed E-state index contributed by atoms with van der Waals surface area (Å²) in [5.41, 5.74) is 1.87. The first-order valence-corrected chi connectivity index (χ1v) is 9.14. The molecule has 1 N–H and O–H groups in total. The molecule has 2 aliphatic rings. The molecule has 4 rings (SSSR count). The van der Waals surface area contributed by atoms with Crippen LogP contribution in [0, 0.1) is 5.92 Å². The molecule has 26 heavy (non-hydrogen) atoms. The van der Waals surface area contributed by atoms with E-state index in [2.05, 4.69) is 26.4 Å². The first-order valence-electron chi connectivity index (χ1n) is 9.14. The van der Waals surface area contributed by atoms with Gasteiger partial charge in [-0.15, -0.1) is 0 Å². The van der Waals surface area contributed by atoms with E-state index in [4.69, 9.17) is 4.74 Å². The number of amides is 1. The van der Waals surface area contributed by atoms with Crippen LogP contribution in [0.1, 0.15) is 28.8 Å². The SMILES string of the molecule is Cn1cc(C(=O)NC[C@H]2CCC3(CN(Cc4cccnc4)C3)OC2)cn1. The molecule has 2 saturated heterocycles. The van der Waals surface area contributed by atoms with Crippen molar-refractivity contribution in [3.8, 4) is 0 Å². The van der Waals surface area contributed by atoms with E-state index in [1.165, 1.54) is 5.56 Å². The molecule has 1 atom stereocenters. The zero-order valence-corrected chi connectivity index (χ0v) is 15.1. The Morgan fingerprint density at radius 1 is 1.42 bits per heavy atom. The Labute approximate surface area is 153 Å². The Balaban J connectivity index is 1.18. The van der Waals surface area contributed by atoms with Crippen molar-refractivity contribution >= 4 is 5.91 Å².